The van der Waals surface area contributed by atoms with Gasteiger partial charge in [0.15, 0.2) is 16.6 Å². The summed E-state index contributed by atoms with van der Waals surface area (Å²) >= 11 is 7.27. The van der Waals surface area contributed by atoms with Crippen LogP contribution in [0.5, 0.6) is 11.5 Å². The first kappa shape index (κ1) is 21.0. The highest BCUT2D eigenvalue weighted by atomic mass is 35.5. The first-order valence-electron chi connectivity index (χ1n) is 8.56. The van der Waals surface area contributed by atoms with Gasteiger partial charge in [-0.25, -0.2) is 4.98 Å². The van der Waals surface area contributed by atoms with Crippen molar-refractivity contribution < 1.29 is 14.3 Å². The van der Waals surface area contributed by atoms with Crippen LogP contribution >= 0.6 is 22.9 Å². The molecule has 0 aliphatic carbocycles. The summed E-state index contributed by atoms with van der Waals surface area (Å²) in [6, 6.07) is 11.1. The van der Waals surface area contributed by atoms with Gasteiger partial charge in [0, 0.05) is 17.6 Å². The molecule has 0 fully saturated rings. The third-order valence-corrected chi connectivity index (χ3v) is 4.71. The van der Waals surface area contributed by atoms with Crippen molar-refractivity contribution in [2.75, 3.05) is 19.5 Å². The molecule has 1 heterocycles. The predicted molar refractivity (Wildman–Crippen MR) is 110 cm³/mol. The third kappa shape index (κ3) is 7.45. The number of methoxy groups -OCH3 is 2. The van der Waals surface area contributed by atoms with Gasteiger partial charge in [-0.05, 0) is 60.5 Å². The molecule has 2 rings (SSSR count). The number of unbranched alkanes of at least 4 members (excludes halogenated alkanes) is 1. The number of aromatic nitrogens is 1. The molecule has 0 aliphatic heterocycles. The van der Waals surface area contributed by atoms with Crippen molar-refractivity contribution in [1.82, 2.24) is 4.98 Å². The Morgan fingerprint density at radius 3 is 2.74 bits per heavy atom. The number of nitrogens with one attached hydrogen (secondary N) is 1. The summed E-state index contributed by atoms with van der Waals surface area (Å²) in [6.07, 6.45) is 4.62. The van der Waals surface area contributed by atoms with Crippen LogP contribution in [0.3, 0.4) is 0 Å². The minimum Gasteiger partial charge on any atom is -0.493 e. The third-order valence-electron chi connectivity index (χ3n) is 3.75. The first-order valence-corrected chi connectivity index (χ1v) is 9.82. The molecule has 144 valence electrons. The van der Waals surface area contributed by atoms with E-state index in [2.05, 4.69) is 10.3 Å². The fourth-order valence-corrected chi connectivity index (χ4v) is 3.24. The number of amides is 1. The molecule has 0 saturated carbocycles. The van der Waals surface area contributed by atoms with Crippen molar-refractivity contribution in [3.63, 3.8) is 0 Å². The average molecular weight is 407 g/mol. The number of nitrogens with zero attached hydrogens (tertiary/aromatic N) is 1. The zero-order valence-corrected chi connectivity index (χ0v) is 17.0. The first-order chi connectivity index (χ1) is 13.1. The van der Waals surface area contributed by atoms with Crippen LogP contribution in [0, 0.1) is 0 Å². The number of hydrogen-bond acceptors (Lipinski definition) is 5. The Hall–Kier alpha value is -2.31. The standard InChI is InChI=1S/C20H23ClN2O3S/c1-25-17-10-9-15(14-18(17)26-2)6-3-4-8-19(24)23-20-22-12-5-7-16(21)11-13-27-20/h5,7,9-14H,3-4,6,8H2,1-2H3,(H,22,23,24). The SMILES string of the molecule is COc1ccc(CCCCC(=O)Nc2ncccc(Cl)ccs2)cc1OC. The Morgan fingerprint density at radius 2 is 1.96 bits per heavy atom. The molecule has 0 unspecified atom stereocenters. The van der Waals surface area contributed by atoms with Crippen molar-refractivity contribution >= 4 is 34.0 Å². The smallest absolute Gasteiger partial charge is 0.226 e. The Bertz CT molecular complexity index is 809. The van der Waals surface area contributed by atoms with Crippen molar-refractivity contribution in [2.24, 2.45) is 0 Å². The van der Waals surface area contributed by atoms with Crippen molar-refractivity contribution in [1.29, 1.82) is 0 Å². The second-order valence-electron chi connectivity index (χ2n) is 5.69. The molecule has 0 aliphatic rings. The van der Waals surface area contributed by atoms with E-state index in [1.54, 1.807) is 44.0 Å². The average Bonchev–Trinajstić information content (AvgIpc) is 2.77. The zero-order chi connectivity index (χ0) is 19.5. The Kier molecular flexibility index (Phi) is 8.87. The van der Waals surface area contributed by atoms with E-state index >= 15 is 0 Å². The van der Waals surface area contributed by atoms with Crippen LogP contribution in [0.1, 0.15) is 24.8 Å². The number of anilines is 1. The van der Waals surface area contributed by atoms with Crippen LogP contribution < -0.4 is 14.8 Å². The van der Waals surface area contributed by atoms with Crippen LogP contribution in [0.15, 0.2) is 48.0 Å². The van der Waals surface area contributed by atoms with Gasteiger partial charge in [-0.2, -0.15) is 0 Å². The molecule has 0 radical (unpaired) electrons. The molecule has 27 heavy (non-hydrogen) atoms. The van der Waals surface area contributed by atoms with Gasteiger partial charge in [-0.3, -0.25) is 4.79 Å². The molecule has 1 amide bonds. The summed E-state index contributed by atoms with van der Waals surface area (Å²) in [4.78, 5) is 16.3. The Balaban J connectivity index is 1.81. The topological polar surface area (TPSA) is 60.5 Å². The van der Waals surface area contributed by atoms with Crippen molar-refractivity contribution in [3.05, 3.63) is 58.6 Å². The van der Waals surface area contributed by atoms with Gasteiger partial charge in [-0.1, -0.05) is 17.7 Å². The molecule has 0 spiro atoms. The van der Waals surface area contributed by atoms with E-state index in [1.807, 2.05) is 18.2 Å². The number of carbonyl (C=O) groups is 1. The Morgan fingerprint density at radius 1 is 1.15 bits per heavy atom. The Labute approximate surface area is 168 Å². The highest BCUT2D eigenvalue weighted by Crippen LogP contribution is 2.28. The van der Waals surface area contributed by atoms with Crippen molar-refractivity contribution in [2.45, 2.75) is 25.7 Å². The summed E-state index contributed by atoms with van der Waals surface area (Å²) in [5.74, 6) is 1.39. The minimum absolute atomic E-state index is 0.0475. The summed E-state index contributed by atoms with van der Waals surface area (Å²) in [7, 11) is 3.24. The lowest BCUT2D eigenvalue weighted by atomic mass is 10.1. The quantitative estimate of drug-likeness (QED) is 0.605. The summed E-state index contributed by atoms with van der Waals surface area (Å²) < 4.78 is 10.6. The monoisotopic (exact) mass is 406 g/mol. The fourth-order valence-electron chi connectivity index (χ4n) is 2.39. The number of hydrogen-bond donors (Lipinski definition) is 1. The molecular weight excluding hydrogens is 384 g/mol. The van der Waals surface area contributed by atoms with E-state index in [0.29, 0.717) is 22.3 Å². The second-order valence-corrected chi connectivity index (χ2v) is 7.02. The molecule has 7 heteroatoms. The molecule has 1 aromatic carbocycles. The van der Waals surface area contributed by atoms with Crippen LogP contribution in [0.2, 0.25) is 5.02 Å². The zero-order valence-electron chi connectivity index (χ0n) is 15.4. The van der Waals surface area contributed by atoms with Gasteiger partial charge in [0.25, 0.3) is 0 Å². The lowest BCUT2D eigenvalue weighted by molar-refractivity contribution is -0.116. The van der Waals surface area contributed by atoms with Gasteiger partial charge in [0.2, 0.25) is 5.91 Å². The molecule has 0 saturated heterocycles. The molecule has 0 atom stereocenters. The number of aryl methyl sites for hydroxylation is 1. The van der Waals surface area contributed by atoms with E-state index in [0.717, 1.165) is 30.6 Å². The number of ether oxygens (including phenoxy) is 2. The lowest BCUT2D eigenvalue weighted by Crippen LogP contribution is -2.11. The summed E-state index contributed by atoms with van der Waals surface area (Å²) in [5, 5.41) is 5.77. The second kappa shape index (κ2) is 11.4. The van der Waals surface area contributed by atoms with Crippen LogP contribution in [0.25, 0.3) is 0 Å². The summed E-state index contributed by atoms with van der Waals surface area (Å²) in [5.41, 5.74) is 1.16. The van der Waals surface area contributed by atoms with Gasteiger partial charge in [-0.15, -0.1) is 11.3 Å². The van der Waals surface area contributed by atoms with E-state index in [-0.39, 0.29) is 5.91 Å². The van der Waals surface area contributed by atoms with Gasteiger partial charge >= 0.3 is 0 Å². The highest BCUT2D eigenvalue weighted by Gasteiger charge is 2.06. The van der Waals surface area contributed by atoms with E-state index in [4.69, 9.17) is 21.1 Å². The van der Waals surface area contributed by atoms with Crippen LogP contribution in [0.4, 0.5) is 5.13 Å². The number of halogens is 1. The maximum absolute atomic E-state index is 12.1. The van der Waals surface area contributed by atoms with E-state index < -0.39 is 0 Å². The predicted octanol–water partition coefficient (Wildman–Crippen LogP) is 5.29. The van der Waals surface area contributed by atoms with Crippen LogP contribution in [-0.2, 0) is 11.2 Å². The molecule has 5 nitrogen and oxygen atoms in total. The van der Waals surface area contributed by atoms with Gasteiger partial charge in [0.05, 0.1) is 14.2 Å². The lowest BCUT2D eigenvalue weighted by Gasteiger charge is -2.09. The van der Waals surface area contributed by atoms with Crippen LogP contribution in [-0.4, -0.2) is 25.1 Å². The molecule has 0 bridgehead atoms. The van der Waals surface area contributed by atoms with Gasteiger partial charge < -0.3 is 14.8 Å². The maximum atomic E-state index is 12.1. The van der Waals surface area contributed by atoms with Gasteiger partial charge in [0.1, 0.15) is 0 Å². The molecule has 1 N–H and O–H groups in total. The molecule has 1 aromatic heterocycles. The highest BCUT2D eigenvalue weighted by molar-refractivity contribution is 7.13. The normalized spacial score (nSPS) is 10.0. The molecule has 2 aromatic rings. The van der Waals surface area contributed by atoms with E-state index in [9.17, 15) is 4.79 Å². The maximum Gasteiger partial charge on any atom is 0.226 e. The summed E-state index contributed by atoms with van der Waals surface area (Å²) in [6.45, 7) is 0. The van der Waals surface area contributed by atoms with Crippen molar-refractivity contribution in [3.8, 4) is 11.5 Å². The van der Waals surface area contributed by atoms with E-state index in [1.165, 1.54) is 11.3 Å². The number of benzene rings is 1. The number of carbonyl (C=O) groups excluding carboxylic acids is 1. The number of rotatable bonds is 8. The minimum atomic E-state index is -0.0475. The molecular formula is C20H23ClN2O3S. The largest absolute Gasteiger partial charge is 0.493 e. The fraction of sp³-hybridized carbons (Fsp3) is 0.300.